The van der Waals surface area contributed by atoms with Gasteiger partial charge < -0.3 is 5.32 Å². The Bertz CT molecular complexity index is 935. The topological polar surface area (TPSA) is 83.1 Å². The van der Waals surface area contributed by atoms with Crippen LogP contribution < -0.4 is 16.2 Å². The molecule has 2 amide bonds. The normalized spacial score (nSPS) is 10.4. The Kier molecular flexibility index (Phi) is 6.20. The molecule has 3 aromatic rings. The maximum Gasteiger partial charge on any atom is 0.257 e. The van der Waals surface area contributed by atoms with E-state index in [2.05, 4.69) is 21.2 Å². The van der Waals surface area contributed by atoms with Gasteiger partial charge in [0.15, 0.2) is 0 Å². The summed E-state index contributed by atoms with van der Waals surface area (Å²) in [5.74, 6) is -0.627. The van der Waals surface area contributed by atoms with Gasteiger partial charge in [0, 0.05) is 22.0 Å². The molecule has 1 aromatic carbocycles. The number of aromatic nitrogens is 1. The fraction of sp³-hybridized carbons (Fsp3) is 0.211. The lowest BCUT2D eigenvalue weighted by molar-refractivity contribution is -0.127. The van der Waals surface area contributed by atoms with Gasteiger partial charge in [-0.15, -0.1) is 11.3 Å². The van der Waals surface area contributed by atoms with E-state index in [0.29, 0.717) is 5.69 Å². The fourth-order valence-corrected chi connectivity index (χ4v) is 4.02. The molecule has 27 heavy (non-hydrogen) atoms. The lowest BCUT2D eigenvalue weighted by Crippen LogP contribution is -2.44. The summed E-state index contributed by atoms with van der Waals surface area (Å²) in [6, 6.07) is 7.95. The van der Waals surface area contributed by atoms with E-state index in [1.54, 1.807) is 11.3 Å². The number of thiazole rings is 1. The van der Waals surface area contributed by atoms with Crippen molar-refractivity contribution in [3.8, 4) is 10.6 Å². The zero-order chi connectivity index (χ0) is 19.2. The number of anilines is 1. The molecule has 140 valence electrons. The molecule has 0 aliphatic heterocycles. The first-order valence-corrected chi connectivity index (χ1v) is 10.2. The van der Waals surface area contributed by atoms with Crippen molar-refractivity contribution >= 4 is 40.2 Å². The van der Waals surface area contributed by atoms with E-state index in [9.17, 15) is 9.59 Å². The Morgan fingerprint density at radius 3 is 2.63 bits per heavy atom. The molecule has 0 aliphatic rings. The summed E-state index contributed by atoms with van der Waals surface area (Å²) < 4.78 is 0. The van der Waals surface area contributed by atoms with Crippen molar-refractivity contribution in [2.45, 2.75) is 20.3 Å². The Hall–Kier alpha value is -2.71. The number of hydrogen-bond donors (Lipinski definition) is 3. The summed E-state index contributed by atoms with van der Waals surface area (Å²) in [7, 11) is 0. The largest absolute Gasteiger partial charge is 0.376 e. The molecule has 0 fully saturated rings. The van der Waals surface area contributed by atoms with Crippen molar-refractivity contribution < 1.29 is 9.59 Å². The number of carbonyl (C=O) groups excluding carboxylic acids is 2. The number of benzene rings is 1. The number of nitrogens with zero attached hydrogens (tertiary/aromatic N) is 1. The van der Waals surface area contributed by atoms with Crippen LogP contribution in [0.15, 0.2) is 40.4 Å². The minimum Gasteiger partial charge on any atom is -0.376 e. The highest BCUT2D eigenvalue weighted by atomic mass is 32.1. The van der Waals surface area contributed by atoms with Crippen molar-refractivity contribution in [3.05, 3.63) is 57.2 Å². The van der Waals surface area contributed by atoms with E-state index in [0.717, 1.165) is 21.8 Å². The molecule has 0 atom stereocenters. The van der Waals surface area contributed by atoms with Crippen LogP contribution in [0.5, 0.6) is 0 Å². The van der Waals surface area contributed by atoms with Gasteiger partial charge >= 0.3 is 0 Å². The van der Waals surface area contributed by atoms with Crippen LogP contribution in [0.3, 0.4) is 0 Å². The second-order valence-corrected chi connectivity index (χ2v) is 7.74. The van der Waals surface area contributed by atoms with E-state index in [1.165, 1.54) is 16.9 Å². The molecule has 6 nitrogen and oxygen atoms in total. The quantitative estimate of drug-likeness (QED) is 0.555. The van der Waals surface area contributed by atoms with Gasteiger partial charge in [0.25, 0.3) is 5.91 Å². The van der Waals surface area contributed by atoms with Crippen molar-refractivity contribution in [1.29, 1.82) is 0 Å². The molecule has 3 rings (SSSR count). The molecule has 0 aliphatic carbocycles. The Balaban J connectivity index is 1.43. The van der Waals surface area contributed by atoms with Gasteiger partial charge in [-0.2, -0.15) is 11.3 Å². The molecule has 8 heteroatoms. The van der Waals surface area contributed by atoms with E-state index >= 15 is 0 Å². The first kappa shape index (κ1) is 19.1. The summed E-state index contributed by atoms with van der Waals surface area (Å²) >= 11 is 3.11. The maximum absolute atomic E-state index is 12.0. The van der Waals surface area contributed by atoms with Crippen LogP contribution in [0.25, 0.3) is 10.6 Å². The molecular weight excluding hydrogens is 380 g/mol. The number of nitrogens with one attached hydrogen (secondary N) is 3. The number of thiophene rings is 1. The van der Waals surface area contributed by atoms with E-state index in [1.807, 2.05) is 54.3 Å². The average Bonchev–Trinajstić information content (AvgIpc) is 3.30. The molecule has 2 aromatic heterocycles. The van der Waals surface area contributed by atoms with E-state index in [4.69, 9.17) is 0 Å². The number of hydrogen-bond acceptors (Lipinski definition) is 6. The minimum atomic E-state index is -0.319. The summed E-state index contributed by atoms with van der Waals surface area (Å²) in [5.41, 5.74) is 9.70. The monoisotopic (exact) mass is 400 g/mol. The summed E-state index contributed by atoms with van der Waals surface area (Å²) in [5, 5.41) is 9.82. The van der Waals surface area contributed by atoms with Gasteiger partial charge in [-0.25, -0.2) is 4.98 Å². The summed E-state index contributed by atoms with van der Waals surface area (Å²) in [6.07, 6.45) is 0.116. The van der Waals surface area contributed by atoms with Crippen molar-refractivity contribution in [3.63, 3.8) is 0 Å². The molecule has 2 heterocycles. The molecule has 0 bridgehead atoms. The molecule has 0 spiro atoms. The minimum absolute atomic E-state index is 0.0726. The fourth-order valence-electron chi connectivity index (χ4n) is 2.49. The number of carbonyl (C=O) groups is 2. The first-order chi connectivity index (χ1) is 13.0. The summed E-state index contributed by atoms with van der Waals surface area (Å²) in [4.78, 5) is 28.4. The molecule has 0 unspecified atom stereocenters. The van der Waals surface area contributed by atoms with Crippen LogP contribution in [-0.4, -0.2) is 23.3 Å². The highest BCUT2D eigenvalue weighted by Gasteiger charge is 2.10. The SMILES string of the molecule is Cc1ccc(NCC(=O)NNC(=O)Cc2csc(-c3ccsc3)n2)c(C)c1. The van der Waals surface area contributed by atoms with Crippen molar-refractivity contribution in [2.24, 2.45) is 0 Å². The van der Waals surface area contributed by atoms with Crippen LogP contribution in [0, 0.1) is 13.8 Å². The van der Waals surface area contributed by atoms with Gasteiger partial charge in [-0.3, -0.25) is 20.4 Å². The molecule has 0 radical (unpaired) electrons. The second-order valence-electron chi connectivity index (χ2n) is 6.10. The Morgan fingerprint density at radius 2 is 1.89 bits per heavy atom. The predicted molar refractivity (Wildman–Crippen MR) is 110 cm³/mol. The van der Waals surface area contributed by atoms with Crippen LogP contribution in [0.1, 0.15) is 16.8 Å². The molecule has 0 saturated heterocycles. The zero-order valence-electron chi connectivity index (χ0n) is 15.0. The van der Waals surface area contributed by atoms with Gasteiger partial charge in [0.2, 0.25) is 5.91 Å². The Morgan fingerprint density at radius 1 is 1.07 bits per heavy atom. The molecule has 3 N–H and O–H groups in total. The maximum atomic E-state index is 12.0. The average molecular weight is 401 g/mol. The van der Waals surface area contributed by atoms with Crippen LogP contribution in [0.2, 0.25) is 0 Å². The standard InChI is InChI=1S/C19H20N4O2S2/c1-12-3-4-16(13(2)7-12)20-9-18(25)23-22-17(24)8-15-11-27-19(21-15)14-5-6-26-10-14/h3-7,10-11,20H,8-9H2,1-2H3,(H,22,24)(H,23,25). The second kappa shape index (κ2) is 8.79. The number of rotatable bonds is 6. The zero-order valence-corrected chi connectivity index (χ0v) is 16.7. The third kappa shape index (κ3) is 5.38. The van der Waals surface area contributed by atoms with Crippen molar-refractivity contribution in [1.82, 2.24) is 15.8 Å². The van der Waals surface area contributed by atoms with E-state index in [-0.39, 0.29) is 24.8 Å². The molecule has 0 saturated carbocycles. The molecular formula is C19H20N4O2S2. The lowest BCUT2D eigenvalue weighted by Gasteiger charge is -2.11. The Labute approximate surface area is 165 Å². The third-order valence-corrected chi connectivity index (χ3v) is 5.45. The van der Waals surface area contributed by atoms with Crippen LogP contribution in [-0.2, 0) is 16.0 Å². The predicted octanol–water partition coefficient (Wildman–Crippen LogP) is 3.29. The van der Waals surface area contributed by atoms with Gasteiger partial charge in [0.05, 0.1) is 18.7 Å². The van der Waals surface area contributed by atoms with E-state index < -0.39 is 0 Å². The lowest BCUT2D eigenvalue weighted by atomic mass is 10.1. The highest BCUT2D eigenvalue weighted by Crippen LogP contribution is 2.25. The first-order valence-electron chi connectivity index (χ1n) is 8.37. The summed E-state index contributed by atoms with van der Waals surface area (Å²) in [6.45, 7) is 4.07. The van der Waals surface area contributed by atoms with Gasteiger partial charge in [0.1, 0.15) is 5.01 Å². The van der Waals surface area contributed by atoms with Crippen molar-refractivity contribution in [2.75, 3.05) is 11.9 Å². The van der Waals surface area contributed by atoms with Crippen LogP contribution in [0.4, 0.5) is 5.69 Å². The van der Waals surface area contributed by atoms with Gasteiger partial charge in [-0.1, -0.05) is 17.7 Å². The van der Waals surface area contributed by atoms with Gasteiger partial charge in [-0.05, 0) is 36.9 Å². The number of hydrazine groups is 1. The smallest absolute Gasteiger partial charge is 0.257 e. The van der Waals surface area contributed by atoms with Crippen LogP contribution >= 0.6 is 22.7 Å². The number of amides is 2. The highest BCUT2D eigenvalue weighted by molar-refractivity contribution is 7.14. The third-order valence-electron chi connectivity index (χ3n) is 3.82. The number of aryl methyl sites for hydroxylation is 2.